The Kier molecular flexibility index (Phi) is 4.16. The molecule has 0 spiro atoms. The molecule has 4 N–H and O–H groups in total. The van der Waals surface area contributed by atoms with E-state index in [0.29, 0.717) is 16.4 Å². The molecule has 1 aliphatic rings. The number of nitrogen functional groups attached to an aromatic ring is 1. The van der Waals surface area contributed by atoms with Gasteiger partial charge in [0.15, 0.2) is 15.0 Å². The summed E-state index contributed by atoms with van der Waals surface area (Å²) < 4.78 is 23.1. The number of carbonyl (C=O) groups excluding carboxylic acids is 1. The SMILES string of the molecule is CC(C)Nc1nc(N)c(C(=O)NC2(C)CCS(=O)(=O)C2)s1. The summed E-state index contributed by atoms with van der Waals surface area (Å²) in [6.45, 7) is 5.66. The Labute approximate surface area is 128 Å². The third-order valence-electron chi connectivity index (χ3n) is 3.19. The normalized spacial score (nSPS) is 24.2. The first-order chi connectivity index (χ1) is 9.60. The van der Waals surface area contributed by atoms with Gasteiger partial charge in [0, 0.05) is 6.04 Å². The van der Waals surface area contributed by atoms with Gasteiger partial charge in [0.25, 0.3) is 5.91 Å². The van der Waals surface area contributed by atoms with Gasteiger partial charge in [-0.3, -0.25) is 4.79 Å². The quantitative estimate of drug-likeness (QED) is 0.753. The van der Waals surface area contributed by atoms with Crippen LogP contribution >= 0.6 is 11.3 Å². The molecule has 1 aliphatic heterocycles. The van der Waals surface area contributed by atoms with E-state index in [1.165, 1.54) is 11.3 Å². The monoisotopic (exact) mass is 332 g/mol. The van der Waals surface area contributed by atoms with Crippen LogP contribution < -0.4 is 16.4 Å². The number of nitrogens with one attached hydrogen (secondary N) is 2. The fraction of sp³-hybridized carbons (Fsp3) is 0.667. The molecule has 9 heteroatoms. The summed E-state index contributed by atoms with van der Waals surface area (Å²) in [7, 11) is -3.07. The summed E-state index contributed by atoms with van der Waals surface area (Å²) in [6, 6.07) is 0.184. The van der Waals surface area contributed by atoms with Crippen LogP contribution in [-0.2, 0) is 9.84 Å². The molecule has 0 bridgehead atoms. The summed E-state index contributed by atoms with van der Waals surface area (Å²) in [5, 5.41) is 6.45. The zero-order valence-electron chi connectivity index (χ0n) is 12.3. The van der Waals surface area contributed by atoms with Crippen LogP contribution in [0.25, 0.3) is 0 Å². The Morgan fingerprint density at radius 2 is 2.14 bits per heavy atom. The Hall–Kier alpha value is -1.35. The van der Waals surface area contributed by atoms with Crippen molar-refractivity contribution in [1.82, 2.24) is 10.3 Å². The van der Waals surface area contributed by atoms with Crippen molar-refractivity contribution in [2.45, 2.75) is 38.8 Å². The molecule has 1 saturated heterocycles. The lowest BCUT2D eigenvalue weighted by molar-refractivity contribution is 0.0920. The third kappa shape index (κ3) is 3.85. The maximum Gasteiger partial charge on any atom is 0.265 e. The highest BCUT2D eigenvalue weighted by Gasteiger charge is 2.40. The Bertz CT molecular complexity index is 653. The summed E-state index contributed by atoms with van der Waals surface area (Å²) in [6.07, 6.45) is 0.414. The van der Waals surface area contributed by atoms with Crippen LogP contribution in [0.15, 0.2) is 0 Å². The van der Waals surface area contributed by atoms with E-state index >= 15 is 0 Å². The van der Waals surface area contributed by atoms with Gasteiger partial charge in [-0.1, -0.05) is 11.3 Å². The fourth-order valence-electron chi connectivity index (χ4n) is 2.24. The molecule has 2 heterocycles. The molecule has 118 valence electrons. The highest BCUT2D eigenvalue weighted by atomic mass is 32.2. The number of aromatic nitrogens is 1. The van der Waals surface area contributed by atoms with E-state index in [1.807, 2.05) is 13.8 Å². The molecule has 1 unspecified atom stereocenters. The third-order valence-corrected chi connectivity index (χ3v) is 6.09. The van der Waals surface area contributed by atoms with Crippen molar-refractivity contribution in [2.75, 3.05) is 22.6 Å². The van der Waals surface area contributed by atoms with Crippen LogP contribution in [0.2, 0.25) is 0 Å². The summed E-state index contributed by atoms with van der Waals surface area (Å²) in [5.41, 5.74) is 5.03. The Morgan fingerprint density at radius 3 is 2.67 bits per heavy atom. The topological polar surface area (TPSA) is 114 Å². The molecule has 21 heavy (non-hydrogen) atoms. The summed E-state index contributed by atoms with van der Waals surface area (Å²) >= 11 is 1.17. The minimum Gasteiger partial charge on any atom is -0.382 e. The fourth-order valence-corrected chi connectivity index (χ4v) is 5.26. The molecule has 2 rings (SSSR count). The van der Waals surface area contributed by atoms with Crippen LogP contribution in [0.5, 0.6) is 0 Å². The lowest BCUT2D eigenvalue weighted by Crippen LogP contribution is -2.46. The summed E-state index contributed by atoms with van der Waals surface area (Å²) in [4.78, 5) is 16.7. The number of nitrogens with two attached hydrogens (primary N) is 1. The van der Waals surface area contributed by atoms with Crippen molar-refractivity contribution in [3.63, 3.8) is 0 Å². The largest absolute Gasteiger partial charge is 0.382 e. The van der Waals surface area contributed by atoms with E-state index in [4.69, 9.17) is 5.73 Å². The number of hydrogen-bond acceptors (Lipinski definition) is 7. The van der Waals surface area contributed by atoms with Gasteiger partial charge in [0.1, 0.15) is 10.7 Å². The number of anilines is 2. The maximum atomic E-state index is 12.3. The second-order valence-electron chi connectivity index (χ2n) is 5.89. The molecule has 1 amide bonds. The van der Waals surface area contributed by atoms with Gasteiger partial charge in [-0.2, -0.15) is 0 Å². The van der Waals surface area contributed by atoms with E-state index < -0.39 is 15.4 Å². The molecule has 0 saturated carbocycles. The van der Waals surface area contributed by atoms with Crippen molar-refractivity contribution in [3.8, 4) is 0 Å². The van der Waals surface area contributed by atoms with Gasteiger partial charge in [-0.25, -0.2) is 13.4 Å². The minimum atomic E-state index is -3.07. The smallest absolute Gasteiger partial charge is 0.265 e. The molecular weight excluding hydrogens is 312 g/mol. The number of carbonyl (C=O) groups is 1. The number of rotatable bonds is 4. The molecule has 7 nitrogen and oxygen atoms in total. The van der Waals surface area contributed by atoms with Gasteiger partial charge in [0.2, 0.25) is 0 Å². The van der Waals surface area contributed by atoms with Crippen LogP contribution in [0.1, 0.15) is 36.9 Å². The molecule has 1 atom stereocenters. The first-order valence-electron chi connectivity index (χ1n) is 6.66. The second-order valence-corrected chi connectivity index (χ2v) is 9.07. The van der Waals surface area contributed by atoms with Crippen molar-refractivity contribution < 1.29 is 13.2 Å². The molecular formula is C12H20N4O3S2. The number of thiazole rings is 1. The van der Waals surface area contributed by atoms with E-state index in [1.54, 1.807) is 6.92 Å². The molecule has 1 aromatic heterocycles. The molecule has 0 aliphatic carbocycles. The van der Waals surface area contributed by atoms with E-state index in [-0.39, 0.29) is 29.3 Å². The number of nitrogens with zero attached hydrogens (tertiary/aromatic N) is 1. The molecule has 0 aromatic carbocycles. The van der Waals surface area contributed by atoms with Crippen LogP contribution in [0.3, 0.4) is 0 Å². The van der Waals surface area contributed by atoms with Gasteiger partial charge in [0.05, 0.1) is 17.0 Å². The standard InChI is InChI=1S/C12H20N4O3S2/c1-7(2)14-11-15-9(13)8(20-11)10(17)16-12(3)4-5-21(18,19)6-12/h7H,4-6,13H2,1-3H3,(H,14,15)(H,16,17). The first kappa shape index (κ1) is 16.0. The zero-order chi connectivity index (χ0) is 15.8. The van der Waals surface area contributed by atoms with E-state index in [0.717, 1.165) is 0 Å². The molecule has 1 aromatic rings. The van der Waals surface area contributed by atoms with E-state index in [2.05, 4.69) is 15.6 Å². The predicted molar refractivity (Wildman–Crippen MR) is 84.4 cm³/mol. The lowest BCUT2D eigenvalue weighted by atomic mass is 10.0. The highest BCUT2D eigenvalue weighted by molar-refractivity contribution is 7.91. The van der Waals surface area contributed by atoms with Crippen LogP contribution in [-0.4, -0.2) is 42.4 Å². The van der Waals surface area contributed by atoms with Gasteiger partial charge in [-0.15, -0.1) is 0 Å². The van der Waals surface area contributed by atoms with Crippen molar-refractivity contribution in [1.29, 1.82) is 0 Å². The predicted octanol–water partition coefficient (Wildman–Crippen LogP) is 0.853. The minimum absolute atomic E-state index is 0.0401. The zero-order valence-corrected chi connectivity index (χ0v) is 13.9. The summed E-state index contributed by atoms with van der Waals surface area (Å²) in [5.74, 6) is -0.157. The van der Waals surface area contributed by atoms with Crippen molar-refractivity contribution in [2.24, 2.45) is 0 Å². The average molecular weight is 332 g/mol. The molecule has 1 fully saturated rings. The van der Waals surface area contributed by atoms with Crippen LogP contribution in [0.4, 0.5) is 10.9 Å². The first-order valence-corrected chi connectivity index (χ1v) is 9.30. The average Bonchev–Trinajstić information content (AvgIpc) is 2.78. The van der Waals surface area contributed by atoms with Crippen molar-refractivity contribution >= 4 is 38.0 Å². The lowest BCUT2D eigenvalue weighted by Gasteiger charge is -2.23. The Morgan fingerprint density at radius 1 is 1.48 bits per heavy atom. The number of sulfone groups is 1. The van der Waals surface area contributed by atoms with Gasteiger partial charge in [-0.05, 0) is 27.2 Å². The maximum absolute atomic E-state index is 12.3. The van der Waals surface area contributed by atoms with Crippen molar-refractivity contribution in [3.05, 3.63) is 4.88 Å². The number of amides is 1. The van der Waals surface area contributed by atoms with Gasteiger partial charge >= 0.3 is 0 Å². The van der Waals surface area contributed by atoms with Gasteiger partial charge < -0.3 is 16.4 Å². The second kappa shape index (κ2) is 5.45. The Balaban J connectivity index is 2.12. The van der Waals surface area contributed by atoms with E-state index in [9.17, 15) is 13.2 Å². The highest BCUT2D eigenvalue weighted by Crippen LogP contribution is 2.28. The van der Waals surface area contributed by atoms with Crippen LogP contribution in [0, 0.1) is 0 Å². The number of hydrogen-bond donors (Lipinski definition) is 3. The molecule has 0 radical (unpaired) electrons.